The SMILES string of the molecule is CN(CCCc1ccccc1)C(=O)C(Cc1ccc2ccccc2c1)N(C)C(=O)OC(C)(C)C. The highest BCUT2D eigenvalue weighted by molar-refractivity contribution is 5.87. The summed E-state index contributed by atoms with van der Waals surface area (Å²) < 4.78 is 5.57. The van der Waals surface area contributed by atoms with E-state index in [1.165, 1.54) is 10.5 Å². The van der Waals surface area contributed by atoms with Crippen LogP contribution in [0.15, 0.2) is 72.8 Å². The smallest absolute Gasteiger partial charge is 0.410 e. The average Bonchev–Trinajstić information content (AvgIpc) is 2.81. The summed E-state index contributed by atoms with van der Waals surface area (Å²) in [4.78, 5) is 29.6. The topological polar surface area (TPSA) is 49.9 Å². The van der Waals surface area contributed by atoms with E-state index in [0.29, 0.717) is 13.0 Å². The van der Waals surface area contributed by atoms with Gasteiger partial charge in [0.15, 0.2) is 0 Å². The van der Waals surface area contributed by atoms with E-state index in [9.17, 15) is 9.59 Å². The van der Waals surface area contributed by atoms with Crippen molar-refractivity contribution in [2.45, 2.75) is 51.7 Å². The second-order valence-corrected chi connectivity index (χ2v) is 9.84. The van der Waals surface area contributed by atoms with Crippen LogP contribution in [0.1, 0.15) is 38.3 Å². The zero-order chi connectivity index (χ0) is 24.7. The molecule has 0 radical (unpaired) electrons. The number of hydrogen-bond donors (Lipinski definition) is 0. The molecular formula is C29H36N2O3. The Labute approximate surface area is 203 Å². The van der Waals surface area contributed by atoms with E-state index >= 15 is 0 Å². The summed E-state index contributed by atoms with van der Waals surface area (Å²) in [7, 11) is 3.46. The number of carbonyl (C=O) groups excluding carboxylic acids is 2. The third-order valence-electron chi connectivity index (χ3n) is 5.86. The Kier molecular flexibility index (Phi) is 8.32. The number of amides is 2. The largest absolute Gasteiger partial charge is 0.444 e. The van der Waals surface area contributed by atoms with Crippen molar-refractivity contribution in [1.82, 2.24) is 9.80 Å². The molecule has 0 aliphatic carbocycles. The monoisotopic (exact) mass is 460 g/mol. The van der Waals surface area contributed by atoms with Gasteiger partial charge in [0.25, 0.3) is 0 Å². The molecule has 0 aliphatic heterocycles. The number of benzene rings is 3. The lowest BCUT2D eigenvalue weighted by Crippen LogP contribution is -2.50. The van der Waals surface area contributed by atoms with E-state index in [1.54, 1.807) is 11.9 Å². The Morgan fingerprint density at radius 1 is 0.853 bits per heavy atom. The van der Waals surface area contributed by atoms with Crippen LogP contribution in [0.25, 0.3) is 10.8 Å². The summed E-state index contributed by atoms with van der Waals surface area (Å²) in [5.41, 5.74) is 1.62. The minimum atomic E-state index is -0.655. The van der Waals surface area contributed by atoms with Gasteiger partial charge in [0.05, 0.1) is 0 Å². The first kappa shape index (κ1) is 25.3. The molecule has 3 aromatic rings. The lowest BCUT2D eigenvalue weighted by atomic mass is 10.00. The fraction of sp³-hybridized carbons (Fsp3) is 0.379. The molecule has 1 atom stereocenters. The molecule has 3 aromatic carbocycles. The predicted molar refractivity (Wildman–Crippen MR) is 138 cm³/mol. The maximum Gasteiger partial charge on any atom is 0.410 e. The van der Waals surface area contributed by atoms with Crippen molar-refractivity contribution in [3.05, 3.63) is 83.9 Å². The van der Waals surface area contributed by atoms with Crippen LogP contribution in [-0.4, -0.2) is 54.1 Å². The first-order chi connectivity index (χ1) is 16.1. The molecule has 0 N–H and O–H groups in total. The molecule has 5 heteroatoms. The molecule has 1 unspecified atom stereocenters. The van der Waals surface area contributed by atoms with Gasteiger partial charge in [0.2, 0.25) is 5.91 Å². The fourth-order valence-electron chi connectivity index (χ4n) is 3.97. The Morgan fingerprint density at radius 3 is 2.18 bits per heavy atom. The number of aryl methyl sites for hydroxylation is 1. The second kappa shape index (κ2) is 11.2. The van der Waals surface area contributed by atoms with Gasteiger partial charge in [-0.05, 0) is 55.5 Å². The van der Waals surface area contributed by atoms with Crippen LogP contribution in [0, 0.1) is 0 Å². The molecule has 180 valence electrons. The molecule has 0 saturated carbocycles. The summed E-state index contributed by atoms with van der Waals surface area (Å²) in [6.45, 7) is 6.10. The van der Waals surface area contributed by atoms with Crippen molar-refractivity contribution in [3.63, 3.8) is 0 Å². The number of nitrogens with zero attached hydrogens (tertiary/aromatic N) is 2. The van der Waals surface area contributed by atoms with Gasteiger partial charge >= 0.3 is 6.09 Å². The second-order valence-electron chi connectivity index (χ2n) is 9.84. The van der Waals surface area contributed by atoms with Crippen LogP contribution in [0.3, 0.4) is 0 Å². The van der Waals surface area contributed by atoms with Gasteiger partial charge in [-0.3, -0.25) is 9.69 Å². The maximum absolute atomic E-state index is 13.5. The van der Waals surface area contributed by atoms with Gasteiger partial charge in [-0.25, -0.2) is 4.79 Å². The third-order valence-corrected chi connectivity index (χ3v) is 5.86. The highest BCUT2D eigenvalue weighted by Gasteiger charge is 2.32. The minimum absolute atomic E-state index is 0.0884. The first-order valence-corrected chi connectivity index (χ1v) is 11.9. The Hall–Kier alpha value is -3.34. The van der Waals surface area contributed by atoms with Gasteiger partial charge in [-0.2, -0.15) is 0 Å². The normalized spacial score (nSPS) is 12.3. The van der Waals surface area contributed by atoms with Crippen LogP contribution >= 0.6 is 0 Å². The van der Waals surface area contributed by atoms with Crippen molar-refractivity contribution < 1.29 is 14.3 Å². The molecular weight excluding hydrogens is 424 g/mol. The molecule has 0 spiro atoms. The molecule has 34 heavy (non-hydrogen) atoms. The van der Waals surface area contributed by atoms with Gasteiger partial charge in [-0.1, -0.05) is 72.8 Å². The fourth-order valence-corrected chi connectivity index (χ4v) is 3.97. The quantitative estimate of drug-likeness (QED) is 0.433. The molecule has 0 heterocycles. The van der Waals surface area contributed by atoms with E-state index in [2.05, 4.69) is 36.4 Å². The summed E-state index contributed by atoms with van der Waals surface area (Å²) in [5, 5.41) is 2.26. The molecule has 3 rings (SSSR count). The third kappa shape index (κ3) is 7.08. The molecule has 2 amide bonds. The van der Waals surface area contributed by atoms with Crippen LogP contribution in [0.4, 0.5) is 4.79 Å². The van der Waals surface area contributed by atoms with Gasteiger partial charge in [0, 0.05) is 27.1 Å². The number of fused-ring (bicyclic) bond motifs is 1. The Bertz CT molecular complexity index is 1110. The Balaban J connectivity index is 1.76. The standard InChI is InChI=1S/C29H36N2O3/c1-29(2,3)34-28(33)31(5)26(21-23-17-18-24-15-9-10-16-25(24)20-23)27(32)30(4)19-11-14-22-12-7-6-8-13-22/h6-10,12-13,15-18,20,26H,11,14,19,21H2,1-5H3. The number of likely N-dealkylation sites (N-methyl/N-ethyl adjacent to an activating group) is 2. The van der Waals surface area contributed by atoms with Gasteiger partial charge in [-0.15, -0.1) is 0 Å². The van der Waals surface area contributed by atoms with Crippen LogP contribution < -0.4 is 0 Å². The molecule has 5 nitrogen and oxygen atoms in total. The lowest BCUT2D eigenvalue weighted by molar-refractivity contribution is -0.135. The number of rotatable bonds is 8. The molecule has 0 saturated heterocycles. The van der Waals surface area contributed by atoms with Gasteiger partial charge < -0.3 is 9.64 Å². The van der Waals surface area contributed by atoms with E-state index in [1.807, 2.05) is 64.2 Å². The highest BCUT2D eigenvalue weighted by atomic mass is 16.6. The number of ether oxygens (including phenoxy) is 1. The van der Waals surface area contributed by atoms with Crippen molar-refractivity contribution in [1.29, 1.82) is 0 Å². The predicted octanol–water partition coefficient (Wildman–Crippen LogP) is 5.71. The number of carbonyl (C=O) groups is 2. The minimum Gasteiger partial charge on any atom is -0.444 e. The van der Waals surface area contributed by atoms with Crippen molar-refractivity contribution in [2.75, 3.05) is 20.6 Å². The van der Waals surface area contributed by atoms with Crippen LogP contribution in [0.2, 0.25) is 0 Å². The summed E-state index contributed by atoms with van der Waals surface area (Å²) in [6.07, 6.45) is 1.67. The molecule has 0 aliphatic rings. The zero-order valence-electron chi connectivity index (χ0n) is 21.0. The van der Waals surface area contributed by atoms with Crippen LogP contribution in [-0.2, 0) is 22.4 Å². The van der Waals surface area contributed by atoms with E-state index < -0.39 is 17.7 Å². The summed E-state index contributed by atoms with van der Waals surface area (Å²) in [6, 6.07) is 23.9. The van der Waals surface area contributed by atoms with Crippen molar-refractivity contribution in [3.8, 4) is 0 Å². The van der Waals surface area contributed by atoms with E-state index in [-0.39, 0.29) is 5.91 Å². The number of hydrogen-bond acceptors (Lipinski definition) is 3. The maximum atomic E-state index is 13.5. The summed E-state index contributed by atoms with van der Waals surface area (Å²) >= 11 is 0. The lowest BCUT2D eigenvalue weighted by Gasteiger charge is -2.32. The van der Waals surface area contributed by atoms with Gasteiger partial charge in [0.1, 0.15) is 11.6 Å². The molecule has 0 fully saturated rings. The first-order valence-electron chi connectivity index (χ1n) is 11.9. The molecule has 0 bridgehead atoms. The van der Waals surface area contributed by atoms with Crippen LogP contribution in [0.5, 0.6) is 0 Å². The molecule has 0 aromatic heterocycles. The van der Waals surface area contributed by atoms with E-state index in [4.69, 9.17) is 4.74 Å². The van der Waals surface area contributed by atoms with Crippen molar-refractivity contribution >= 4 is 22.8 Å². The highest BCUT2D eigenvalue weighted by Crippen LogP contribution is 2.20. The Morgan fingerprint density at radius 2 is 1.50 bits per heavy atom. The zero-order valence-corrected chi connectivity index (χ0v) is 21.0. The van der Waals surface area contributed by atoms with Crippen molar-refractivity contribution in [2.24, 2.45) is 0 Å². The van der Waals surface area contributed by atoms with E-state index in [0.717, 1.165) is 29.2 Å². The summed E-state index contributed by atoms with van der Waals surface area (Å²) in [5.74, 6) is -0.0884. The average molecular weight is 461 g/mol.